The summed E-state index contributed by atoms with van der Waals surface area (Å²) in [7, 11) is 0. The van der Waals surface area contributed by atoms with E-state index in [0.717, 1.165) is 19.3 Å². The first-order valence-electron chi connectivity index (χ1n) is 9.46. The minimum atomic E-state index is -0.269. The molecular weight excluding hydrogens is 346 g/mol. The lowest BCUT2D eigenvalue weighted by atomic mass is 9.96. The van der Waals surface area contributed by atoms with E-state index in [4.69, 9.17) is 5.73 Å². The summed E-state index contributed by atoms with van der Waals surface area (Å²) in [5.41, 5.74) is 5.79. The molecule has 1 aliphatic heterocycles. The van der Waals surface area contributed by atoms with E-state index in [2.05, 4.69) is 10.3 Å². The zero-order valence-corrected chi connectivity index (χ0v) is 15.3. The van der Waals surface area contributed by atoms with Crippen molar-refractivity contribution in [2.45, 2.75) is 45.1 Å². The van der Waals surface area contributed by atoms with Crippen LogP contribution in [-0.4, -0.2) is 44.8 Å². The smallest absolute Gasteiger partial charge is 0.277 e. The lowest BCUT2D eigenvalue weighted by Gasteiger charge is -2.30. The van der Waals surface area contributed by atoms with Crippen molar-refractivity contribution in [3.05, 3.63) is 34.6 Å². The van der Waals surface area contributed by atoms with E-state index in [-0.39, 0.29) is 23.3 Å². The molecule has 27 heavy (non-hydrogen) atoms. The Morgan fingerprint density at radius 3 is 2.59 bits per heavy atom. The molecule has 0 spiro atoms. The Bertz CT molecular complexity index is 871. The van der Waals surface area contributed by atoms with Crippen molar-refractivity contribution in [1.82, 2.24) is 19.9 Å². The first-order chi connectivity index (χ1) is 13.1. The summed E-state index contributed by atoms with van der Waals surface area (Å²) in [6, 6.07) is 7.16. The number of primary amides is 1. The van der Waals surface area contributed by atoms with Crippen LogP contribution in [0.4, 0.5) is 0 Å². The molecule has 1 aliphatic rings. The molecule has 2 N–H and O–H groups in total. The molecular formula is C19H25N5O3. The highest BCUT2D eigenvalue weighted by Crippen LogP contribution is 2.18. The van der Waals surface area contributed by atoms with Crippen LogP contribution in [0.3, 0.4) is 0 Å². The second-order valence-electron chi connectivity index (χ2n) is 7.00. The molecule has 0 unspecified atom stereocenters. The maximum Gasteiger partial charge on any atom is 0.277 e. The summed E-state index contributed by atoms with van der Waals surface area (Å²) in [5, 5.41) is 8.61. The number of carbonyl (C=O) groups excluding carboxylic acids is 2. The summed E-state index contributed by atoms with van der Waals surface area (Å²) in [5.74, 6) is -0.245. The molecule has 1 saturated heterocycles. The fraction of sp³-hybridized carbons (Fsp3) is 0.526. The zero-order valence-electron chi connectivity index (χ0n) is 15.3. The number of nitrogens with zero attached hydrogens (tertiary/aromatic N) is 4. The molecule has 8 heteroatoms. The lowest BCUT2D eigenvalue weighted by molar-refractivity contribution is -0.135. The molecule has 2 aromatic rings. The summed E-state index contributed by atoms with van der Waals surface area (Å²) < 4.78 is 1.39. The number of benzene rings is 1. The van der Waals surface area contributed by atoms with E-state index in [0.29, 0.717) is 49.8 Å². The number of amides is 2. The number of piperidine rings is 1. The van der Waals surface area contributed by atoms with Gasteiger partial charge in [0.1, 0.15) is 5.52 Å². The Balaban J connectivity index is 1.40. The van der Waals surface area contributed by atoms with Crippen molar-refractivity contribution >= 4 is 22.7 Å². The second kappa shape index (κ2) is 8.75. The first-order valence-corrected chi connectivity index (χ1v) is 9.46. The number of hydrogen-bond donors (Lipinski definition) is 1. The monoisotopic (exact) mass is 371 g/mol. The van der Waals surface area contributed by atoms with Crippen LogP contribution in [0.2, 0.25) is 0 Å². The van der Waals surface area contributed by atoms with Crippen molar-refractivity contribution in [2.24, 2.45) is 11.7 Å². The summed E-state index contributed by atoms with van der Waals surface area (Å²) in [6.45, 7) is 1.71. The molecule has 8 nitrogen and oxygen atoms in total. The average Bonchev–Trinajstić information content (AvgIpc) is 2.69. The average molecular weight is 371 g/mol. The van der Waals surface area contributed by atoms with E-state index in [1.807, 2.05) is 17.0 Å². The van der Waals surface area contributed by atoms with Crippen LogP contribution in [0.25, 0.3) is 10.9 Å². The molecule has 2 heterocycles. The summed E-state index contributed by atoms with van der Waals surface area (Å²) in [6.07, 6.45) is 4.17. The molecule has 0 aliphatic carbocycles. The Kier molecular flexibility index (Phi) is 6.16. The maximum absolute atomic E-state index is 12.3. The van der Waals surface area contributed by atoms with Gasteiger partial charge in [-0.1, -0.05) is 23.8 Å². The van der Waals surface area contributed by atoms with Gasteiger partial charge in [-0.15, -0.1) is 5.10 Å². The van der Waals surface area contributed by atoms with Crippen molar-refractivity contribution in [2.75, 3.05) is 13.1 Å². The Labute approximate surface area is 157 Å². The third-order valence-electron chi connectivity index (χ3n) is 5.14. The van der Waals surface area contributed by atoms with Crippen LogP contribution in [-0.2, 0) is 16.1 Å². The van der Waals surface area contributed by atoms with Crippen LogP contribution < -0.4 is 11.3 Å². The number of aryl methyl sites for hydroxylation is 1. The highest BCUT2D eigenvalue weighted by molar-refractivity contribution is 5.79. The van der Waals surface area contributed by atoms with Gasteiger partial charge in [0.15, 0.2) is 0 Å². The molecule has 0 saturated carbocycles. The summed E-state index contributed by atoms with van der Waals surface area (Å²) >= 11 is 0. The van der Waals surface area contributed by atoms with Gasteiger partial charge in [-0.25, -0.2) is 4.68 Å². The number of unbranched alkanes of at least 4 members (excludes halogenated alkanes) is 2. The number of aromatic nitrogens is 3. The van der Waals surface area contributed by atoms with E-state index < -0.39 is 0 Å². The zero-order chi connectivity index (χ0) is 19.2. The molecule has 0 bridgehead atoms. The quantitative estimate of drug-likeness (QED) is 0.732. The SMILES string of the molecule is NC(=O)C1CCN(C(=O)CCCCCn2nnc3ccccc3c2=O)CC1. The molecule has 0 atom stereocenters. The maximum atomic E-state index is 12.3. The van der Waals surface area contributed by atoms with Gasteiger partial charge in [0.05, 0.1) is 5.39 Å². The second-order valence-corrected chi connectivity index (χ2v) is 7.00. The van der Waals surface area contributed by atoms with Crippen LogP contribution in [0.5, 0.6) is 0 Å². The molecule has 2 amide bonds. The number of fused-ring (bicyclic) bond motifs is 1. The van der Waals surface area contributed by atoms with Gasteiger partial charge in [0, 0.05) is 32.0 Å². The number of carbonyl (C=O) groups is 2. The third-order valence-corrected chi connectivity index (χ3v) is 5.14. The van der Waals surface area contributed by atoms with Crippen LogP contribution >= 0.6 is 0 Å². The van der Waals surface area contributed by atoms with Crippen molar-refractivity contribution < 1.29 is 9.59 Å². The van der Waals surface area contributed by atoms with E-state index in [9.17, 15) is 14.4 Å². The number of hydrogen-bond acceptors (Lipinski definition) is 5. The van der Waals surface area contributed by atoms with Gasteiger partial charge in [0.25, 0.3) is 5.56 Å². The lowest BCUT2D eigenvalue weighted by Crippen LogP contribution is -2.41. The first kappa shape index (κ1) is 19.0. The van der Waals surface area contributed by atoms with Gasteiger partial charge in [-0.3, -0.25) is 14.4 Å². The number of rotatable bonds is 7. The Morgan fingerprint density at radius 2 is 1.85 bits per heavy atom. The van der Waals surface area contributed by atoms with Gasteiger partial charge in [0.2, 0.25) is 11.8 Å². The van der Waals surface area contributed by atoms with Crippen LogP contribution in [0, 0.1) is 5.92 Å². The topological polar surface area (TPSA) is 111 Å². The third kappa shape index (κ3) is 4.69. The van der Waals surface area contributed by atoms with Crippen molar-refractivity contribution in [3.8, 4) is 0 Å². The van der Waals surface area contributed by atoms with Gasteiger partial charge < -0.3 is 10.6 Å². The Hall–Kier alpha value is -2.77. The van der Waals surface area contributed by atoms with E-state index in [1.54, 1.807) is 12.1 Å². The molecule has 1 fully saturated rings. The van der Waals surface area contributed by atoms with Crippen LogP contribution in [0.1, 0.15) is 38.5 Å². The predicted octanol–water partition coefficient (Wildman–Crippen LogP) is 1.08. The fourth-order valence-corrected chi connectivity index (χ4v) is 3.46. The van der Waals surface area contributed by atoms with Gasteiger partial charge >= 0.3 is 0 Å². The van der Waals surface area contributed by atoms with E-state index >= 15 is 0 Å². The highest BCUT2D eigenvalue weighted by Gasteiger charge is 2.25. The predicted molar refractivity (Wildman–Crippen MR) is 101 cm³/mol. The van der Waals surface area contributed by atoms with E-state index in [1.165, 1.54) is 4.68 Å². The number of likely N-dealkylation sites (tertiary alicyclic amines) is 1. The van der Waals surface area contributed by atoms with Gasteiger partial charge in [-0.05, 0) is 37.8 Å². The van der Waals surface area contributed by atoms with Crippen LogP contribution in [0.15, 0.2) is 29.1 Å². The summed E-state index contributed by atoms with van der Waals surface area (Å²) in [4.78, 5) is 37.6. The fourth-order valence-electron chi connectivity index (χ4n) is 3.46. The molecule has 0 radical (unpaired) electrons. The molecule has 1 aromatic heterocycles. The number of nitrogens with two attached hydrogens (primary N) is 1. The van der Waals surface area contributed by atoms with Crippen molar-refractivity contribution in [3.63, 3.8) is 0 Å². The minimum absolute atomic E-state index is 0.101. The molecule has 3 rings (SSSR count). The largest absolute Gasteiger partial charge is 0.369 e. The molecule has 1 aromatic carbocycles. The normalized spacial score (nSPS) is 15.2. The minimum Gasteiger partial charge on any atom is -0.369 e. The van der Waals surface area contributed by atoms with Crippen molar-refractivity contribution in [1.29, 1.82) is 0 Å². The standard InChI is InChI=1S/C19H25N5O3/c20-18(26)14-9-12-23(13-10-14)17(25)8-2-1-5-11-24-19(27)15-6-3-4-7-16(15)21-22-24/h3-4,6-7,14H,1-2,5,8-13H2,(H2,20,26). The highest BCUT2D eigenvalue weighted by atomic mass is 16.2. The molecule has 144 valence electrons. The van der Waals surface area contributed by atoms with Gasteiger partial charge in [-0.2, -0.15) is 0 Å². The Morgan fingerprint density at radius 1 is 1.11 bits per heavy atom.